The molecule has 0 saturated heterocycles. The number of anilines is 1. The average molecular weight is 248 g/mol. The van der Waals surface area contributed by atoms with Crippen molar-refractivity contribution in [3.63, 3.8) is 0 Å². The predicted molar refractivity (Wildman–Crippen MR) is 75.9 cm³/mol. The molecule has 1 fully saturated rings. The zero-order valence-electron chi connectivity index (χ0n) is 11.4. The molecule has 100 valence electrons. The minimum Gasteiger partial charge on any atom is -0.381 e. The van der Waals surface area contributed by atoms with Crippen molar-refractivity contribution in [1.29, 1.82) is 0 Å². The number of ether oxygens (including phenoxy) is 1. The van der Waals surface area contributed by atoms with Gasteiger partial charge in [0.25, 0.3) is 0 Å². The predicted octanol–water partition coefficient (Wildman–Crippen LogP) is 2.41. The monoisotopic (exact) mass is 248 g/mol. The van der Waals surface area contributed by atoms with Crippen LogP contribution in [0, 0.1) is 0 Å². The molecule has 1 aliphatic rings. The highest BCUT2D eigenvalue weighted by Gasteiger charge is 2.37. The largest absolute Gasteiger partial charge is 0.381 e. The van der Waals surface area contributed by atoms with Crippen LogP contribution in [0.25, 0.3) is 0 Å². The number of likely N-dealkylation sites (N-methyl/N-ethyl adjacent to an activating group) is 1. The normalized spacial score (nSPS) is 28.1. The number of para-hydroxylation sites is 1. The Hall–Kier alpha value is -1.06. The Bertz CT molecular complexity index is 358. The van der Waals surface area contributed by atoms with Gasteiger partial charge >= 0.3 is 0 Å². The molecule has 0 amide bonds. The molecule has 18 heavy (non-hydrogen) atoms. The second-order valence-electron chi connectivity index (χ2n) is 5.26. The van der Waals surface area contributed by atoms with Gasteiger partial charge in [-0.15, -0.1) is 0 Å². The fourth-order valence-corrected chi connectivity index (χ4v) is 2.97. The lowest BCUT2D eigenvalue weighted by Gasteiger charge is -2.46. The number of rotatable bonds is 4. The van der Waals surface area contributed by atoms with E-state index in [4.69, 9.17) is 10.5 Å². The highest BCUT2D eigenvalue weighted by molar-refractivity contribution is 5.48. The third-order valence-electron chi connectivity index (χ3n) is 4.43. The van der Waals surface area contributed by atoms with Crippen molar-refractivity contribution in [2.75, 3.05) is 25.6 Å². The summed E-state index contributed by atoms with van der Waals surface area (Å²) in [7, 11) is 3.97. The van der Waals surface area contributed by atoms with E-state index in [1.807, 2.05) is 6.07 Å². The van der Waals surface area contributed by atoms with Crippen LogP contribution in [0.5, 0.6) is 0 Å². The Labute approximate surface area is 110 Å². The number of benzene rings is 1. The van der Waals surface area contributed by atoms with Crippen LogP contribution in [0.4, 0.5) is 5.69 Å². The Morgan fingerprint density at radius 2 is 1.89 bits per heavy atom. The van der Waals surface area contributed by atoms with Gasteiger partial charge in [-0.3, -0.25) is 0 Å². The molecule has 0 aromatic heterocycles. The lowest BCUT2D eigenvalue weighted by atomic mass is 9.79. The molecule has 0 aliphatic heterocycles. The van der Waals surface area contributed by atoms with Crippen LogP contribution in [0.15, 0.2) is 30.3 Å². The molecule has 1 saturated carbocycles. The zero-order valence-corrected chi connectivity index (χ0v) is 11.4. The maximum atomic E-state index is 6.08. The third kappa shape index (κ3) is 2.52. The molecular weight excluding hydrogens is 224 g/mol. The van der Waals surface area contributed by atoms with Crippen LogP contribution in [0.2, 0.25) is 0 Å². The number of nitrogens with two attached hydrogens (primary N) is 1. The molecule has 0 heterocycles. The van der Waals surface area contributed by atoms with Crippen LogP contribution < -0.4 is 10.6 Å². The summed E-state index contributed by atoms with van der Waals surface area (Å²) in [6.45, 7) is 0.703. The van der Waals surface area contributed by atoms with Crippen molar-refractivity contribution >= 4 is 5.69 Å². The molecular formula is C15H24N2O. The second kappa shape index (κ2) is 5.72. The molecule has 3 nitrogen and oxygen atoms in total. The maximum absolute atomic E-state index is 6.08. The van der Waals surface area contributed by atoms with E-state index in [-0.39, 0.29) is 5.54 Å². The molecule has 2 rings (SSSR count). The van der Waals surface area contributed by atoms with Gasteiger partial charge in [-0.05, 0) is 37.8 Å². The third-order valence-corrected chi connectivity index (χ3v) is 4.43. The van der Waals surface area contributed by atoms with Crippen LogP contribution >= 0.6 is 0 Å². The molecule has 3 heteroatoms. The van der Waals surface area contributed by atoms with Gasteiger partial charge in [0, 0.05) is 26.4 Å². The summed E-state index contributed by atoms with van der Waals surface area (Å²) in [5, 5.41) is 0. The van der Waals surface area contributed by atoms with Crippen molar-refractivity contribution in [1.82, 2.24) is 0 Å². The Morgan fingerprint density at radius 1 is 1.28 bits per heavy atom. The SMILES string of the molecule is COC1CCC(CN)(N(C)c2ccccc2)CC1. The van der Waals surface area contributed by atoms with E-state index in [1.165, 1.54) is 5.69 Å². The average Bonchev–Trinajstić information content (AvgIpc) is 2.47. The lowest BCUT2D eigenvalue weighted by molar-refractivity contribution is 0.0505. The van der Waals surface area contributed by atoms with E-state index in [9.17, 15) is 0 Å². The molecule has 0 spiro atoms. The molecule has 0 radical (unpaired) electrons. The zero-order chi connectivity index (χ0) is 13.0. The molecule has 1 aromatic carbocycles. The van der Waals surface area contributed by atoms with Crippen molar-refractivity contribution < 1.29 is 4.74 Å². The van der Waals surface area contributed by atoms with Crippen LogP contribution in [0.1, 0.15) is 25.7 Å². The summed E-state index contributed by atoms with van der Waals surface area (Å²) in [5.74, 6) is 0. The summed E-state index contributed by atoms with van der Waals surface area (Å²) in [6.07, 6.45) is 4.82. The van der Waals surface area contributed by atoms with E-state index < -0.39 is 0 Å². The maximum Gasteiger partial charge on any atom is 0.0573 e. The van der Waals surface area contributed by atoms with E-state index in [2.05, 4.69) is 36.2 Å². The minimum atomic E-state index is 0.0936. The van der Waals surface area contributed by atoms with Crippen molar-refractivity contribution in [2.45, 2.75) is 37.3 Å². The van der Waals surface area contributed by atoms with Gasteiger partial charge in [0.15, 0.2) is 0 Å². The van der Waals surface area contributed by atoms with Gasteiger partial charge in [0.05, 0.1) is 11.6 Å². The summed E-state index contributed by atoms with van der Waals surface area (Å²) < 4.78 is 5.46. The summed E-state index contributed by atoms with van der Waals surface area (Å²) in [5.41, 5.74) is 7.42. The van der Waals surface area contributed by atoms with E-state index in [0.717, 1.165) is 25.7 Å². The van der Waals surface area contributed by atoms with Gasteiger partial charge in [-0.2, -0.15) is 0 Å². The number of nitrogens with zero attached hydrogens (tertiary/aromatic N) is 1. The van der Waals surface area contributed by atoms with Gasteiger partial charge in [-0.1, -0.05) is 18.2 Å². The van der Waals surface area contributed by atoms with Crippen molar-refractivity contribution in [3.05, 3.63) is 30.3 Å². The Morgan fingerprint density at radius 3 is 2.39 bits per heavy atom. The molecule has 1 aliphatic carbocycles. The van der Waals surface area contributed by atoms with Gasteiger partial charge in [0.1, 0.15) is 0 Å². The first-order valence-corrected chi connectivity index (χ1v) is 6.73. The first-order chi connectivity index (χ1) is 8.72. The summed E-state index contributed by atoms with van der Waals surface area (Å²) in [4.78, 5) is 2.36. The molecule has 0 unspecified atom stereocenters. The van der Waals surface area contributed by atoms with Gasteiger partial charge < -0.3 is 15.4 Å². The van der Waals surface area contributed by atoms with Gasteiger partial charge in [-0.25, -0.2) is 0 Å². The molecule has 1 aromatic rings. The van der Waals surface area contributed by atoms with Gasteiger partial charge in [0.2, 0.25) is 0 Å². The van der Waals surface area contributed by atoms with Crippen LogP contribution in [0.3, 0.4) is 0 Å². The standard InChI is InChI=1S/C15H24N2O/c1-17(13-6-4-3-5-7-13)15(12-16)10-8-14(18-2)9-11-15/h3-7,14H,8-12,16H2,1-2H3. The smallest absolute Gasteiger partial charge is 0.0573 e. The lowest BCUT2D eigenvalue weighted by Crippen LogP contribution is -2.55. The highest BCUT2D eigenvalue weighted by Crippen LogP contribution is 2.35. The number of hydrogen-bond donors (Lipinski definition) is 1. The fraction of sp³-hybridized carbons (Fsp3) is 0.600. The Kier molecular flexibility index (Phi) is 4.25. The summed E-state index contributed by atoms with van der Waals surface area (Å²) in [6, 6.07) is 10.5. The van der Waals surface area contributed by atoms with E-state index in [1.54, 1.807) is 7.11 Å². The summed E-state index contributed by atoms with van der Waals surface area (Å²) >= 11 is 0. The number of methoxy groups -OCH3 is 1. The molecule has 0 bridgehead atoms. The van der Waals surface area contributed by atoms with E-state index in [0.29, 0.717) is 12.6 Å². The first-order valence-electron chi connectivity index (χ1n) is 6.73. The first kappa shape index (κ1) is 13.4. The Balaban J connectivity index is 2.13. The highest BCUT2D eigenvalue weighted by atomic mass is 16.5. The number of hydrogen-bond acceptors (Lipinski definition) is 3. The topological polar surface area (TPSA) is 38.5 Å². The van der Waals surface area contributed by atoms with E-state index >= 15 is 0 Å². The van der Waals surface area contributed by atoms with Crippen LogP contribution in [-0.2, 0) is 4.74 Å². The van der Waals surface area contributed by atoms with Crippen molar-refractivity contribution in [2.24, 2.45) is 5.73 Å². The second-order valence-corrected chi connectivity index (χ2v) is 5.26. The quantitative estimate of drug-likeness (QED) is 0.889. The molecule has 2 N–H and O–H groups in total. The molecule has 0 atom stereocenters. The minimum absolute atomic E-state index is 0.0936. The van der Waals surface area contributed by atoms with Crippen molar-refractivity contribution in [3.8, 4) is 0 Å². The fourth-order valence-electron chi connectivity index (χ4n) is 2.97. The van der Waals surface area contributed by atoms with Crippen LogP contribution in [-0.4, -0.2) is 32.3 Å².